The van der Waals surface area contributed by atoms with Crippen LogP contribution in [0.1, 0.15) is 5.69 Å². The Hall–Kier alpha value is -1.77. The van der Waals surface area contributed by atoms with Crippen molar-refractivity contribution >= 4 is 16.7 Å². The summed E-state index contributed by atoms with van der Waals surface area (Å²) < 4.78 is 2.25. The Morgan fingerprint density at radius 2 is 2.25 bits per heavy atom. The van der Waals surface area contributed by atoms with Crippen LogP contribution < -0.4 is 5.32 Å². The number of hydrogen-bond acceptors (Lipinski definition) is 2. The molecule has 1 aliphatic rings. The highest BCUT2D eigenvalue weighted by Gasteiger charge is 2.10. The summed E-state index contributed by atoms with van der Waals surface area (Å²) in [4.78, 5) is 4.43. The number of aromatic nitrogens is 1. The molecule has 0 saturated heterocycles. The maximum absolute atomic E-state index is 4.43. The van der Waals surface area contributed by atoms with Gasteiger partial charge in [0.2, 0.25) is 0 Å². The van der Waals surface area contributed by atoms with E-state index in [9.17, 15) is 0 Å². The lowest BCUT2D eigenvalue weighted by molar-refractivity contribution is 0.887. The van der Waals surface area contributed by atoms with Gasteiger partial charge in [0.1, 0.15) is 5.84 Å². The molecule has 3 heteroatoms. The van der Waals surface area contributed by atoms with Crippen LogP contribution >= 0.6 is 0 Å². The Balaban J connectivity index is 2.00. The van der Waals surface area contributed by atoms with E-state index in [1.54, 1.807) is 0 Å². The van der Waals surface area contributed by atoms with Crippen molar-refractivity contribution in [3.05, 3.63) is 36.0 Å². The smallest absolute Gasteiger partial charge is 0.102 e. The highest BCUT2D eigenvalue weighted by molar-refractivity contribution is 5.88. The number of amidine groups is 1. The van der Waals surface area contributed by atoms with Gasteiger partial charge < -0.3 is 9.88 Å². The average molecular weight is 213 g/mol. The van der Waals surface area contributed by atoms with Crippen LogP contribution in [0.25, 0.3) is 10.9 Å². The first kappa shape index (κ1) is 9.46. The summed E-state index contributed by atoms with van der Waals surface area (Å²) in [6.07, 6.45) is 0.908. The summed E-state index contributed by atoms with van der Waals surface area (Å²) >= 11 is 0. The van der Waals surface area contributed by atoms with Crippen LogP contribution in [0.2, 0.25) is 0 Å². The second-order valence-corrected chi connectivity index (χ2v) is 4.19. The summed E-state index contributed by atoms with van der Waals surface area (Å²) in [5, 5.41) is 4.62. The summed E-state index contributed by atoms with van der Waals surface area (Å²) in [5.74, 6) is 1.12. The predicted octanol–water partition coefficient (Wildman–Crippen LogP) is 1.72. The first-order valence-electron chi connectivity index (χ1n) is 5.65. The number of fused-ring (bicyclic) bond motifs is 1. The minimum atomic E-state index is 0.908. The van der Waals surface area contributed by atoms with Crippen LogP contribution in [0.3, 0.4) is 0 Å². The maximum Gasteiger partial charge on any atom is 0.102 e. The van der Waals surface area contributed by atoms with E-state index in [0.717, 1.165) is 25.3 Å². The molecular weight excluding hydrogens is 198 g/mol. The number of aryl methyl sites for hydroxylation is 1. The number of nitrogens with one attached hydrogen (secondary N) is 1. The van der Waals surface area contributed by atoms with E-state index >= 15 is 0 Å². The molecule has 0 aliphatic carbocycles. The third-order valence-corrected chi connectivity index (χ3v) is 3.14. The molecule has 82 valence electrons. The van der Waals surface area contributed by atoms with Crippen molar-refractivity contribution in [1.82, 2.24) is 9.88 Å². The normalized spacial score (nSPS) is 15.2. The molecule has 1 aromatic heterocycles. The Morgan fingerprint density at radius 3 is 3.00 bits per heavy atom. The van der Waals surface area contributed by atoms with Crippen LogP contribution in [-0.2, 0) is 13.5 Å². The lowest BCUT2D eigenvalue weighted by Gasteiger charge is -2.04. The second kappa shape index (κ2) is 3.67. The zero-order valence-electron chi connectivity index (χ0n) is 9.40. The van der Waals surface area contributed by atoms with Gasteiger partial charge in [-0.2, -0.15) is 0 Å². The van der Waals surface area contributed by atoms with Gasteiger partial charge >= 0.3 is 0 Å². The van der Waals surface area contributed by atoms with Gasteiger partial charge in [-0.3, -0.25) is 4.99 Å². The minimum Gasteiger partial charge on any atom is -0.372 e. The minimum absolute atomic E-state index is 0.908. The van der Waals surface area contributed by atoms with Crippen LogP contribution in [-0.4, -0.2) is 23.5 Å². The van der Waals surface area contributed by atoms with Crippen LogP contribution in [0.5, 0.6) is 0 Å². The van der Waals surface area contributed by atoms with E-state index in [4.69, 9.17) is 0 Å². The fourth-order valence-corrected chi connectivity index (χ4v) is 2.25. The molecule has 0 radical (unpaired) electrons. The quantitative estimate of drug-likeness (QED) is 0.808. The highest BCUT2D eigenvalue weighted by atomic mass is 15.1. The van der Waals surface area contributed by atoms with Gasteiger partial charge in [0.15, 0.2) is 0 Å². The fraction of sp³-hybridized carbons (Fsp3) is 0.308. The molecular formula is C13H15N3. The average Bonchev–Trinajstić information content (AvgIpc) is 2.90. The van der Waals surface area contributed by atoms with Gasteiger partial charge in [-0.05, 0) is 17.5 Å². The number of aliphatic imine (C=N–C) groups is 1. The molecule has 1 aliphatic heterocycles. The lowest BCUT2D eigenvalue weighted by atomic mass is 10.2. The van der Waals surface area contributed by atoms with Gasteiger partial charge in [0, 0.05) is 31.2 Å². The van der Waals surface area contributed by atoms with Gasteiger partial charge in [0.25, 0.3) is 0 Å². The first-order valence-corrected chi connectivity index (χ1v) is 5.65. The summed E-state index contributed by atoms with van der Waals surface area (Å²) in [6, 6.07) is 10.7. The number of nitrogens with zero attached hydrogens (tertiary/aromatic N) is 2. The predicted molar refractivity (Wildman–Crippen MR) is 66.9 cm³/mol. The summed E-state index contributed by atoms with van der Waals surface area (Å²) in [6.45, 7) is 1.90. The number of rotatable bonds is 2. The van der Waals surface area contributed by atoms with Crippen molar-refractivity contribution in [2.75, 3.05) is 13.1 Å². The lowest BCUT2D eigenvalue weighted by Crippen LogP contribution is -2.21. The molecule has 0 bridgehead atoms. The van der Waals surface area contributed by atoms with Gasteiger partial charge in [-0.25, -0.2) is 0 Å². The molecule has 0 saturated carbocycles. The SMILES string of the molecule is Cn1c(CC2=NCCN2)cc2ccccc21. The second-order valence-electron chi connectivity index (χ2n) is 4.19. The molecule has 1 N–H and O–H groups in total. The van der Waals surface area contributed by atoms with E-state index in [1.165, 1.54) is 16.6 Å². The summed E-state index contributed by atoms with van der Waals surface area (Å²) in [5.41, 5.74) is 2.60. The van der Waals surface area contributed by atoms with Gasteiger partial charge in [-0.1, -0.05) is 18.2 Å². The molecule has 0 unspecified atom stereocenters. The van der Waals surface area contributed by atoms with Crippen LogP contribution in [0, 0.1) is 0 Å². The molecule has 3 nitrogen and oxygen atoms in total. The first-order chi connectivity index (χ1) is 7.84. The van der Waals surface area contributed by atoms with Gasteiger partial charge in [0.05, 0.1) is 6.54 Å². The van der Waals surface area contributed by atoms with Crippen LogP contribution in [0.4, 0.5) is 0 Å². The molecule has 2 aromatic rings. The van der Waals surface area contributed by atoms with E-state index in [2.05, 4.69) is 52.3 Å². The summed E-state index contributed by atoms with van der Waals surface area (Å²) in [7, 11) is 2.12. The standard InChI is InChI=1S/C13H15N3/c1-16-11(9-13-14-6-7-15-13)8-10-4-2-3-5-12(10)16/h2-5,8H,6-7,9H2,1H3,(H,14,15). The van der Waals surface area contributed by atoms with Crippen molar-refractivity contribution in [3.63, 3.8) is 0 Å². The Kier molecular flexibility index (Phi) is 2.17. The van der Waals surface area contributed by atoms with Crippen molar-refractivity contribution in [1.29, 1.82) is 0 Å². The van der Waals surface area contributed by atoms with Crippen molar-refractivity contribution < 1.29 is 0 Å². The Morgan fingerprint density at radius 1 is 1.38 bits per heavy atom. The van der Waals surface area contributed by atoms with Crippen LogP contribution in [0.15, 0.2) is 35.3 Å². The van der Waals surface area contributed by atoms with Crippen molar-refractivity contribution in [3.8, 4) is 0 Å². The number of para-hydroxylation sites is 1. The number of hydrogen-bond donors (Lipinski definition) is 1. The molecule has 16 heavy (non-hydrogen) atoms. The molecule has 0 atom stereocenters. The molecule has 0 spiro atoms. The molecule has 0 fully saturated rings. The van der Waals surface area contributed by atoms with Crippen molar-refractivity contribution in [2.24, 2.45) is 12.0 Å². The third kappa shape index (κ3) is 1.48. The zero-order chi connectivity index (χ0) is 11.0. The van der Waals surface area contributed by atoms with E-state index in [0.29, 0.717) is 0 Å². The molecule has 0 amide bonds. The van der Waals surface area contributed by atoms with Crippen molar-refractivity contribution in [2.45, 2.75) is 6.42 Å². The van der Waals surface area contributed by atoms with E-state index < -0.39 is 0 Å². The molecule has 2 heterocycles. The number of benzene rings is 1. The highest BCUT2D eigenvalue weighted by Crippen LogP contribution is 2.18. The maximum atomic E-state index is 4.43. The fourth-order valence-electron chi connectivity index (χ4n) is 2.25. The molecule has 3 rings (SSSR count). The third-order valence-electron chi connectivity index (χ3n) is 3.14. The topological polar surface area (TPSA) is 29.3 Å². The Labute approximate surface area is 94.8 Å². The monoisotopic (exact) mass is 213 g/mol. The molecule has 1 aromatic carbocycles. The largest absolute Gasteiger partial charge is 0.372 e. The van der Waals surface area contributed by atoms with Gasteiger partial charge in [-0.15, -0.1) is 0 Å². The van der Waals surface area contributed by atoms with E-state index in [-0.39, 0.29) is 0 Å². The Bertz CT molecular complexity index is 551. The van der Waals surface area contributed by atoms with E-state index in [1.807, 2.05) is 0 Å². The zero-order valence-corrected chi connectivity index (χ0v) is 9.40.